The molecule has 58 heavy (non-hydrogen) atoms. The molecule has 2 heterocycles. The first kappa shape index (κ1) is 32.6. The van der Waals surface area contributed by atoms with Crippen molar-refractivity contribution >= 4 is 87.4 Å². The van der Waals surface area contributed by atoms with Crippen LogP contribution in [0.5, 0.6) is 0 Å². The number of allylic oxidation sites excluding steroid dienone is 2. The van der Waals surface area contributed by atoms with Crippen molar-refractivity contribution in [1.29, 1.82) is 0 Å². The molecule has 0 saturated heterocycles. The van der Waals surface area contributed by atoms with E-state index in [1.54, 1.807) is 0 Å². The first-order chi connectivity index (χ1) is 28.4. The number of aliphatic hydroxyl groups excluding tert-OH is 1. The van der Waals surface area contributed by atoms with Gasteiger partial charge in [0.25, 0.3) is 0 Å². The van der Waals surface area contributed by atoms with Gasteiger partial charge < -0.3 is 21.1 Å². The molecule has 3 aliphatic carbocycles. The molecule has 0 radical (unpaired) electrons. The van der Waals surface area contributed by atoms with E-state index < -0.39 is 11.3 Å². The summed E-state index contributed by atoms with van der Waals surface area (Å²) in [6, 6.07) is 49.8. The zero-order chi connectivity index (χ0) is 38.7. The molecule has 13 rings (SSSR count). The van der Waals surface area contributed by atoms with Crippen molar-refractivity contribution in [2.24, 2.45) is 4.99 Å². The molecule has 8 aromatic rings. The molecule has 0 aromatic heterocycles. The van der Waals surface area contributed by atoms with Gasteiger partial charge >= 0.3 is 0 Å². The molecule has 4 N–H and O–H groups in total. The summed E-state index contributed by atoms with van der Waals surface area (Å²) >= 11 is 7.57. The number of carbonyl (C=O) groups is 1. The van der Waals surface area contributed by atoms with Gasteiger partial charge in [-0.2, -0.15) is 0 Å². The van der Waals surface area contributed by atoms with Crippen LogP contribution in [0.2, 0.25) is 0 Å². The normalized spacial score (nSPS) is 17.5. The van der Waals surface area contributed by atoms with E-state index in [0.29, 0.717) is 16.1 Å². The van der Waals surface area contributed by atoms with Gasteiger partial charge in [0.05, 0.1) is 22.2 Å². The van der Waals surface area contributed by atoms with E-state index in [1.165, 1.54) is 0 Å². The number of nitrogens with one attached hydrogen (secondary N) is 3. The number of Topliss-reactive ketones (excluding diaryl/α,β-unsaturated/α-hetero) is 1. The number of hydrogen-bond acceptors (Lipinski definition) is 6. The van der Waals surface area contributed by atoms with Gasteiger partial charge in [-0.15, -0.1) is 0 Å². The molecule has 2 spiro atoms. The van der Waals surface area contributed by atoms with Crippen LogP contribution in [-0.2, 0) is 16.1 Å². The van der Waals surface area contributed by atoms with Crippen molar-refractivity contribution < 1.29 is 9.90 Å². The SMILES string of the molecule is O=C1C(c2ccc3c(Br)ccc4c3c2NC2(N4)c3ccccc3-c3ccccc32)=C(O)/C1=c1/ccc2c(Br)ccc3c2c1=NC1(N3)c2ccccc2-c2ccccc21. The fraction of sp³-hybridized carbons (Fsp3) is 0.0400. The third-order valence-corrected chi connectivity index (χ3v) is 14.2. The average Bonchev–Trinajstić information content (AvgIpc) is 3.67. The van der Waals surface area contributed by atoms with Gasteiger partial charge in [-0.3, -0.25) is 4.79 Å². The van der Waals surface area contributed by atoms with Crippen LogP contribution in [-0.4, -0.2) is 10.9 Å². The number of fused-ring (bicyclic) bond motifs is 10. The predicted molar refractivity (Wildman–Crippen MR) is 238 cm³/mol. The molecule has 5 aliphatic rings. The van der Waals surface area contributed by atoms with Crippen LogP contribution in [0.4, 0.5) is 17.1 Å². The van der Waals surface area contributed by atoms with Gasteiger partial charge in [-0.1, -0.05) is 153 Å². The van der Waals surface area contributed by atoms with E-state index in [-0.39, 0.29) is 22.7 Å². The fourth-order valence-electron chi connectivity index (χ4n) is 10.4. The second kappa shape index (κ2) is 11.1. The molecule has 0 amide bonds. The Labute approximate surface area is 348 Å². The van der Waals surface area contributed by atoms with Crippen LogP contribution >= 0.6 is 31.9 Å². The summed E-state index contributed by atoms with van der Waals surface area (Å²) < 4.78 is 1.86. The molecule has 0 unspecified atom stereocenters. The number of hydrogen-bond donors (Lipinski definition) is 4. The second-order valence-corrected chi connectivity index (χ2v) is 17.3. The second-order valence-electron chi connectivity index (χ2n) is 15.5. The smallest absolute Gasteiger partial charge is 0.201 e. The van der Waals surface area contributed by atoms with Gasteiger partial charge in [0, 0.05) is 74.9 Å². The van der Waals surface area contributed by atoms with Crippen LogP contribution < -0.4 is 26.5 Å². The molecule has 2 aliphatic heterocycles. The van der Waals surface area contributed by atoms with E-state index in [2.05, 4.69) is 151 Å². The van der Waals surface area contributed by atoms with E-state index in [0.717, 1.165) is 92.1 Å². The maximum atomic E-state index is 15.0. The Morgan fingerprint density at radius 3 is 1.62 bits per heavy atom. The van der Waals surface area contributed by atoms with Crippen molar-refractivity contribution in [3.63, 3.8) is 0 Å². The summed E-state index contributed by atoms with van der Waals surface area (Å²) in [6.07, 6.45) is 0. The fourth-order valence-corrected chi connectivity index (χ4v) is 11.3. The van der Waals surface area contributed by atoms with Gasteiger partial charge in [0.15, 0.2) is 11.3 Å². The Kier molecular flexibility index (Phi) is 6.25. The Morgan fingerprint density at radius 1 is 0.500 bits per heavy atom. The molecule has 0 atom stereocenters. The predicted octanol–water partition coefficient (Wildman–Crippen LogP) is 10.9. The minimum Gasteiger partial charge on any atom is -0.506 e. The number of halogens is 2. The highest BCUT2D eigenvalue weighted by atomic mass is 79.9. The van der Waals surface area contributed by atoms with Crippen LogP contribution in [0.3, 0.4) is 0 Å². The number of benzene rings is 8. The Morgan fingerprint density at radius 2 is 1.02 bits per heavy atom. The number of ketones is 1. The minimum atomic E-state index is -0.933. The highest BCUT2D eigenvalue weighted by Gasteiger charge is 2.49. The summed E-state index contributed by atoms with van der Waals surface area (Å²) in [5.74, 6) is -0.269. The molecule has 8 aromatic carbocycles. The Hall–Kier alpha value is -6.48. The van der Waals surface area contributed by atoms with Gasteiger partial charge in [0.1, 0.15) is 5.76 Å². The molecule has 0 fully saturated rings. The Balaban J connectivity index is 1.08. The first-order valence-corrected chi connectivity index (χ1v) is 20.8. The van der Waals surface area contributed by atoms with E-state index in [1.807, 2.05) is 42.5 Å². The van der Waals surface area contributed by atoms with E-state index in [9.17, 15) is 9.90 Å². The largest absolute Gasteiger partial charge is 0.506 e. The van der Waals surface area contributed by atoms with Crippen molar-refractivity contribution in [2.75, 3.05) is 16.0 Å². The van der Waals surface area contributed by atoms with Crippen molar-refractivity contribution in [1.82, 2.24) is 0 Å². The van der Waals surface area contributed by atoms with E-state index >= 15 is 0 Å². The maximum Gasteiger partial charge on any atom is 0.201 e. The number of rotatable bonds is 1. The van der Waals surface area contributed by atoms with Crippen LogP contribution in [0.25, 0.3) is 54.9 Å². The summed E-state index contributed by atoms with van der Waals surface area (Å²) in [5.41, 5.74) is 10.9. The molecule has 8 heteroatoms. The lowest BCUT2D eigenvalue weighted by atomic mass is 9.79. The maximum absolute atomic E-state index is 15.0. The van der Waals surface area contributed by atoms with Crippen LogP contribution in [0.1, 0.15) is 27.8 Å². The van der Waals surface area contributed by atoms with Crippen molar-refractivity contribution in [3.05, 3.63) is 199 Å². The lowest BCUT2D eigenvalue weighted by molar-refractivity contribution is -0.109. The van der Waals surface area contributed by atoms with Crippen LogP contribution in [0.15, 0.2) is 165 Å². The third-order valence-electron chi connectivity index (χ3n) is 12.8. The minimum absolute atomic E-state index is 0.0408. The molecule has 0 saturated carbocycles. The number of aliphatic hydroxyl groups is 1. The zero-order valence-corrected chi connectivity index (χ0v) is 33.6. The van der Waals surface area contributed by atoms with Gasteiger partial charge in [0.2, 0.25) is 5.78 Å². The Bertz CT molecular complexity index is 3370. The summed E-state index contributed by atoms with van der Waals surface area (Å²) in [4.78, 5) is 20.6. The zero-order valence-electron chi connectivity index (χ0n) is 30.4. The molecule has 0 bridgehead atoms. The van der Waals surface area contributed by atoms with Crippen molar-refractivity contribution in [2.45, 2.75) is 11.3 Å². The standard InChI is InChI=1S/C50H28Br2N4O2/c51-37-21-23-39-41-29(37)17-19-31(45(41)55-49(53-39)33-13-5-1-9-25(33)26-10-2-6-14-34(26)49)43-47(57)44(48(43)58)32-20-18-30-38(52)22-24-40-42(30)46(32)56-50(54-40)35-15-7-3-11-27(35)28-12-4-8-16-36(28)50/h1-24,53-55,57H/b44-32+. The van der Waals surface area contributed by atoms with Crippen LogP contribution in [0, 0.1) is 0 Å². The highest BCUT2D eigenvalue weighted by Crippen LogP contribution is 2.56. The number of nitrogens with zero attached hydrogens (tertiary/aromatic N) is 1. The molecular weight excluding hydrogens is 848 g/mol. The van der Waals surface area contributed by atoms with Gasteiger partial charge in [-0.25, -0.2) is 4.99 Å². The van der Waals surface area contributed by atoms with Crippen molar-refractivity contribution in [3.8, 4) is 22.3 Å². The number of anilines is 3. The molecule has 6 nitrogen and oxygen atoms in total. The number of carbonyl (C=O) groups excluding carboxylic acids is 1. The monoisotopic (exact) mass is 874 g/mol. The molecule has 274 valence electrons. The summed E-state index contributed by atoms with van der Waals surface area (Å²) in [5, 5.41) is 29.1. The lowest BCUT2D eigenvalue weighted by Crippen LogP contribution is -2.45. The average molecular weight is 877 g/mol. The summed E-state index contributed by atoms with van der Waals surface area (Å²) in [7, 11) is 0. The third kappa shape index (κ3) is 3.87. The molecular formula is C50H28Br2N4O2. The summed E-state index contributed by atoms with van der Waals surface area (Å²) in [6.45, 7) is 0. The van der Waals surface area contributed by atoms with E-state index in [4.69, 9.17) is 4.99 Å². The quantitative estimate of drug-likeness (QED) is 0.132. The first-order valence-electron chi connectivity index (χ1n) is 19.2. The highest BCUT2D eigenvalue weighted by molar-refractivity contribution is 9.11. The topological polar surface area (TPSA) is 85.8 Å². The van der Waals surface area contributed by atoms with Gasteiger partial charge in [-0.05, 0) is 46.5 Å². The lowest BCUT2D eigenvalue weighted by Gasteiger charge is -2.41.